The Morgan fingerprint density at radius 2 is 2.00 bits per heavy atom. The van der Waals surface area contributed by atoms with E-state index in [9.17, 15) is 0 Å². The summed E-state index contributed by atoms with van der Waals surface area (Å²) in [5, 5.41) is 3.94. The minimum Gasteiger partial charge on any atom is -0.333 e. The van der Waals surface area contributed by atoms with Gasteiger partial charge in [-0.05, 0) is 37.7 Å². The molecule has 3 nitrogen and oxygen atoms in total. The first kappa shape index (κ1) is 13.1. The fraction of sp³-hybridized carbons (Fsp3) is 0.500. The van der Waals surface area contributed by atoms with Crippen molar-refractivity contribution in [3.05, 3.63) is 53.6 Å². The Balaban J connectivity index is 1.49. The summed E-state index contributed by atoms with van der Waals surface area (Å²) < 4.78 is 2.34. The lowest BCUT2D eigenvalue weighted by Gasteiger charge is -2.30. The maximum absolute atomic E-state index is 4.61. The summed E-state index contributed by atoms with van der Waals surface area (Å²) in [6, 6.07) is 12.1. The zero-order valence-electron chi connectivity index (χ0n) is 12.6. The van der Waals surface area contributed by atoms with Crippen molar-refractivity contribution in [1.29, 1.82) is 0 Å². The summed E-state index contributed by atoms with van der Waals surface area (Å²) in [7, 11) is 0. The molecule has 21 heavy (non-hydrogen) atoms. The molecule has 0 saturated heterocycles. The lowest BCUT2D eigenvalue weighted by molar-refractivity contribution is 0.326. The van der Waals surface area contributed by atoms with Gasteiger partial charge in [0.2, 0.25) is 0 Å². The zero-order chi connectivity index (χ0) is 14.2. The number of aryl methyl sites for hydroxylation is 2. The van der Waals surface area contributed by atoms with Crippen molar-refractivity contribution in [3.63, 3.8) is 0 Å². The van der Waals surface area contributed by atoms with Crippen molar-refractivity contribution >= 4 is 0 Å². The van der Waals surface area contributed by atoms with Crippen LogP contribution in [0.4, 0.5) is 0 Å². The van der Waals surface area contributed by atoms with Crippen LogP contribution in [-0.2, 0) is 13.0 Å². The fourth-order valence-corrected chi connectivity index (χ4v) is 3.57. The van der Waals surface area contributed by atoms with E-state index in [1.54, 1.807) is 0 Å². The number of rotatable bonds is 4. The highest BCUT2D eigenvalue weighted by molar-refractivity contribution is 5.21. The molecule has 1 fully saturated rings. The molecule has 1 aliphatic carbocycles. The first-order chi connectivity index (χ1) is 10.3. The van der Waals surface area contributed by atoms with E-state index in [2.05, 4.69) is 58.3 Å². The van der Waals surface area contributed by atoms with Crippen molar-refractivity contribution in [1.82, 2.24) is 14.9 Å². The van der Waals surface area contributed by atoms with E-state index in [1.165, 1.54) is 30.7 Å². The van der Waals surface area contributed by atoms with Crippen LogP contribution in [0.3, 0.4) is 0 Å². The molecule has 1 N–H and O–H groups in total. The minimum atomic E-state index is 0.530. The number of fused-ring (bicyclic) bond motifs is 1. The molecule has 2 atom stereocenters. The summed E-state index contributed by atoms with van der Waals surface area (Å²) in [5.74, 6) is 2.09. The van der Waals surface area contributed by atoms with Crippen molar-refractivity contribution in [2.24, 2.45) is 5.92 Å². The molecule has 0 radical (unpaired) electrons. The Bertz CT molecular complexity index is 613. The van der Waals surface area contributed by atoms with Crippen molar-refractivity contribution in [3.8, 4) is 0 Å². The zero-order valence-corrected chi connectivity index (χ0v) is 12.6. The largest absolute Gasteiger partial charge is 0.333 e. The highest BCUT2D eigenvalue weighted by Gasteiger charge is 2.34. The van der Waals surface area contributed by atoms with Gasteiger partial charge in [-0.2, -0.15) is 0 Å². The molecular weight excluding hydrogens is 258 g/mol. The first-order valence-electron chi connectivity index (χ1n) is 8.13. The Hall–Kier alpha value is -1.61. The van der Waals surface area contributed by atoms with Crippen LogP contribution >= 0.6 is 0 Å². The van der Waals surface area contributed by atoms with E-state index in [0.717, 1.165) is 24.6 Å². The van der Waals surface area contributed by atoms with Crippen LogP contribution in [0.25, 0.3) is 0 Å². The fourth-order valence-electron chi connectivity index (χ4n) is 3.57. The number of nitrogens with zero attached hydrogens (tertiary/aromatic N) is 2. The third-order valence-electron chi connectivity index (χ3n) is 4.78. The molecule has 2 heterocycles. The topological polar surface area (TPSA) is 29.9 Å². The second kappa shape index (κ2) is 5.30. The highest BCUT2D eigenvalue weighted by Crippen LogP contribution is 2.41. The molecule has 4 rings (SSSR count). The van der Waals surface area contributed by atoms with E-state index in [-0.39, 0.29) is 0 Å². The van der Waals surface area contributed by atoms with Gasteiger partial charge in [-0.25, -0.2) is 4.98 Å². The van der Waals surface area contributed by atoms with Gasteiger partial charge in [0.1, 0.15) is 5.82 Å². The van der Waals surface area contributed by atoms with Gasteiger partial charge < -0.3 is 9.88 Å². The molecule has 2 aromatic rings. The molecule has 3 heteroatoms. The lowest BCUT2D eigenvalue weighted by Crippen LogP contribution is -2.40. The first-order valence-corrected chi connectivity index (χ1v) is 8.13. The van der Waals surface area contributed by atoms with Crippen LogP contribution < -0.4 is 5.32 Å². The van der Waals surface area contributed by atoms with Crippen molar-refractivity contribution in [2.45, 2.75) is 51.2 Å². The van der Waals surface area contributed by atoms with Crippen LogP contribution in [0.15, 0.2) is 36.5 Å². The van der Waals surface area contributed by atoms with Gasteiger partial charge in [-0.3, -0.25) is 0 Å². The molecule has 1 aromatic heterocycles. The van der Waals surface area contributed by atoms with Crippen LogP contribution in [-0.4, -0.2) is 15.6 Å². The van der Waals surface area contributed by atoms with E-state index in [4.69, 9.17) is 0 Å². The standard InChI is InChI=1S/C18H23N3/c1-13-11-21-12-16(9-10-17(21)19-13)20-18(15-7-8-15)14-5-3-2-4-6-14/h2-6,11,15-16,18,20H,7-10,12H2,1H3/t16-,18-/m1/s1. The molecule has 0 unspecified atom stereocenters. The summed E-state index contributed by atoms with van der Waals surface area (Å²) in [4.78, 5) is 4.61. The summed E-state index contributed by atoms with van der Waals surface area (Å²) in [5.41, 5.74) is 2.60. The third kappa shape index (κ3) is 2.75. The van der Waals surface area contributed by atoms with Crippen molar-refractivity contribution < 1.29 is 0 Å². The molecule has 1 aromatic carbocycles. The number of hydrogen-bond acceptors (Lipinski definition) is 2. The van der Waals surface area contributed by atoms with E-state index < -0.39 is 0 Å². The predicted molar refractivity (Wildman–Crippen MR) is 84.1 cm³/mol. The SMILES string of the molecule is Cc1cn2c(n1)CC[C@@H](N[C@H](c1ccccc1)C1CC1)C2. The Morgan fingerprint density at radius 3 is 2.76 bits per heavy atom. The van der Waals surface area contributed by atoms with Crippen LogP contribution in [0.1, 0.15) is 42.4 Å². The summed E-state index contributed by atoms with van der Waals surface area (Å²) in [6.07, 6.45) is 7.23. The van der Waals surface area contributed by atoms with E-state index in [0.29, 0.717) is 12.1 Å². The number of nitrogens with one attached hydrogen (secondary N) is 1. The molecule has 0 bridgehead atoms. The molecule has 2 aliphatic rings. The predicted octanol–water partition coefficient (Wildman–Crippen LogP) is 3.25. The van der Waals surface area contributed by atoms with Gasteiger partial charge in [0.25, 0.3) is 0 Å². The van der Waals surface area contributed by atoms with Crippen LogP contribution in [0.2, 0.25) is 0 Å². The highest BCUT2D eigenvalue weighted by atomic mass is 15.1. The average Bonchev–Trinajstić information content (AvgIpc) is 3.27. The maximum atomic E-state index is 4.61. The molecule has 1 saturated carbocycles. The molecule has 0 spiro atoms. The van der Waals surface area contributed by atoms with Crippen LogP contribution in [0, 0.1) is 12.8 Å². The normalized spacial score (nSPS) is 22.8. The summed E-state index contributed by atoms with van der Waals surface area (Å²) in [6.45, 7) is 3.15. The number of aromatic nitrogens is 2. The van der Waals surface area contributed by atoms with Gasteiger partial charge in [0, 0.05) is 31.2 Å². The molecule has 110 valence electrons. The quantitative estimate of drug-likeness (QED) is 0.932. The minimum absolute atomic E-state index is 0.530. The Kier molecular flexibility index (Phi) is 3.30. The van der Waals surface area contributed by atoms with Gasteiger partial charge >= 0.3 is 0 Å². The van der Waals surface area contributed by atoms with Gasteiger partial charge in [0.05, 0.1) is 5.69 Å². The number of hydrogen-bond donors (Lipinski definition) is 1. The third-order valence-corrected chi connectivity index (χ3v) is 4.78. The molecular formula is C18H23N3. The second-order valence-electron chi connectivity index (χ2n) is 6.58. The Labute approximate surface area is 126 Å². The van der Waals surface area contributed by atoms with Gasteiger partial charge in [-0.1, -0.05) is 30.3 Å². The van der Waals surface area contributed by atoms with E-state index >= 15 is 0 Å². The average molecular weight is 281 g/mol. The van der Waals surface area contributed by atoms with Gasteiger partial charge in [0.15, 0.2) is 0 Å². The van der Waals surface area contributed by atoms with Crippen molar-refractivity contribution in [2.75, 3.05) is 0 Å². The summed E-state index contributed by atoms with van der Waals surface area (Å²) >= 11 is 0. The lowest BCUT2D eigenvalue weighted by atomic mass is 9.99. The monoisotopic (exact) mass is 281 g/mol. The second-order valence-corrected chi connectivity index (χ2v) is 6.58. The number of benzene rings is 1. The molecule has 1 aliphatic heterocycles. The molecule has 0 amide bonds. The van der Waals surface area contributed by atoms with E-state index in [1.807, 2.05) is 0 Å². The van der Waals surface area contributed by atoms with Crippen LogP contribution in [0.5, 0.6) is 0 Å². The number of imidazole rings is 1. The van der Waals surface area contributed by atoms with Gasteiger partial charge in [-0.15, -0.1) is 0 Å². The Morgan fingerprint density at radius 1 is 1.19 bits per heavy atom. The maximum Gasteiger partial charge on any atom is 0.109 e. The smallest absolute Gasteiger partial charge is 0.109 e.